The Labute approximate surface area is 256 Å². The number of nitrogens with one attached hydrogen (secondary N) is 1. The van der Waals surface area contributed by atoms with Crippen LogP contribution in [0.3, 0.4) is 0 Å². The number of carbonyl (C=O) groups excluding carboxylic acids is 2. The van der Waals surface area contributed by atoms with Crippen molar-refractivity contribution < 1.29 is 23.1 Å². The zero-order valence-electron chi connectivity index (χ0n) is 25.4. The van der Waals surface area contributed by atoms with Gasteiger partial charge in [-0.3, -0.25) is 9.69 Å². The number of fused-ring (bicyclic) bond motifs is 2. The van der Waals surface area contributed by atoms with Gasteiger partial charge in [0.05, 0.1) is 11.6 Å². The smallest absolute Gasteiger partial charge is 0.320 e. The first-order valence-electron chi connectivity index (χ1n) is 15.7. The molecule has 4 fully saturated rings. The Hall–Kier alpha value is -1.97. The molecule has 10 heteroatoms. The Morgan fingerprint density at radius 2 is 1.69 bits per heavy atom. The van der Waals surface area contributed by atoms with E-state index in [0.717, 1.165) is 63.7 Å². The van der Waals surface area contributed by atoms with E-state index in [1.807, 2.05) is 35.2 Å². The van der Waals surface area contributed by atoms with Crippen LogP contribution in [-0.4, -0.2) is 89.6 Å². The Morgan fingerprint density at radius 1 is 1.05 bits per heavy atom. The van der Waals surface area contributed by atoms with Crippen molar-refractivity contribution in [1.29, 1.82) is 0 Å². The molecule has 1 spiro atoms. The van der Waals surface area contributed by atoms with Crippen LogP contribution in [0.15, 0.2) is 30.3 Å². The maximum atomic E-state index is 13.7. The summed E-state index contributed by atoms with van der Waals surface area (Å²) in [5.41, 5.74) is 0.929. The Balaban J connectivity index is 0.00000405. The molecule has 0 radical (unpaired) electrons. The van der Waals surface area contributed by atoms with Crippen LogP contribution in [0.25, 0.3) is 0 Å². The third-order valence-electron chi connectivity index (χ3n) is 10.1. The van der Waals surface area contributed by atoms with Crippen molar-refractivity contribution in [2.45, 2.75) is 114 Å². The summed E-state index contributed by atoms with van der Waals surface area (Å²) >= 11 is 0. The van der Waals surface area contributed by atoms with Crippen molar-refractivity contribution in [1.82, 2.24) is 20.0 Å². The fraction of sp³-hybridized carbons (Fsp3) is 0.750. The van der Waals surface area contributed by atoms with E-state index in [2.05, 4.69) is 29.0 Å². The van der Waals surface area contributed by atoms with Crippen molar-refractivity contribution in [2.24, 2.45) is 5.92 Å². The van der Waals surface area contributed by atoms with Gasteiger partial charge in [-0.15, -0.1) is 12.4 Å². The predicted molar refractivity (Wildman–Crippen MR) is 162 cm³/mol. The van der Waals surface area contributed by atoms with E-state index in [-0.39, 0.29) is 73.6 Å². The lowest BCUT2D eigenvalue weighted by Crippen LogP contribution is -2.60. The van der Waals surface area contributed by atoms with E-state index >= 15 is 0 Å². The average molecular weight is 611 g/mol. The highest BCUT2D eigenvalue weighted by atomic mass is 35.5. The number of hydrogen-bond donors (Lipinski definition) is 1. The second-order valence-electron chi connectivity index (χ2n) is 13.2. The number of halogens is 3. The minimum absolute atomic E-state index is 0. The lowest BCUT2D eigenvalue weighted by molar-refractivity contribution is -0.130. The molecule has 1 saturated carbocycles. The van der Waals surface area contributed by atoms with Gasteiger partial charge in [-0.2, -0.15) is 0 Å². The van der Waals surface area contributed by atoms with Gasteiger partial charge in [0.15, 0.2) is 0 Å². The first kappa shape index (κ1) is 32.9. The molecule has 3 saturated heterocycles. The number of ether oxygens (including phenoxy) is 1. The topological polar surface area (TPSA) is 65.1 Å². The number of hydrogen-bond acceptors (Lipinski definition) is 4. The highest BCUT2D eigenvalue weighted by Gasteiger charge is 2.57. The van der Waals surface area contributed by atoms with Crippen LogP contribution in [0.5, 0.6) is 0 Å². The largest absolute Gasteiger partial charge is 0.385 e. The molecule has 1 aromatic carbocycles. The number of methoxy groups -OCH3 is 1. The first-order valence-corrected chi connectivity index (χ1v) is 15.7. The number of rotatable bonds is 11. The molecule has 42 heavy (non-hydrogen) atoms. The fourth-order valence-electron chi connectivity index (χ4n) is 8.18. The zero-order valence-corrected chi connectivity index (χ0v) is 26.2. The number of piperidine rings is 1. The van der Waals surface area contributed by atoms with E-state index < -0.39 is 5.92 Å². The molecule has 5 rings (SSSR count). The third-order valence-corrected chi connectivity index (χ3v) is 10.1. The molecule has 236 valence electrons. The number of urea groups is 1. The number of carbonyl (C=O) groups is 2. The second kappa shape index (κ2) is 13.8. The highest BCUT2D eigenvalue weighted by molar-refractivity contribution is 5.85. The van der Waals surface area contributed by atoms with E-state index in [4.69, 9.17) is 4.74 Å². The molecular weight excluding hydrogens is 562 g/mol. The maximum absolute atomic E-state index is 13.7. The minimum Gasteiger partial charge on any atom is -0.385 e. The van der Waals surface area contributed by atoms with Gasteiger partial charge in [-0.05, 0) is 70.8 Å². The summed E-state index contributed by atoms with van der Waals surface area (Å²) < 4.78 is 32.6. The van der Waals surface area contributed by atoms with Gasteiger partial charge < -0.3 is 19.9 Å². The fourth-order valence-corrected chi connectivity index (χ4v) is 8.18. The SMILES string of the molecule is COCCCN1CC2(CC3CCC(C2)N3CC[C@H](NC(=O)C2CCC(F)(F)CC2)c2ccccc2)N(C(C)C)C1=O.Cl. The van der Waals surface area contributed by atoms with Crippen LogP contribution < -0.4 is 5.32 Å². The summed E-state index contributed by atoms with van der Waals surface area (Å²) in [5, 5.41) is 3.25. The number of nitrogens with zero attached hydrogens (tertiary/aromatic N) is 3. The van der Waals surface area contributed by atoms with Crippen molar-refractivity contribution >= 4 is 24.3 Å². The van der Waals surface area contributed by atoms with Gasteiger partial charge in [-0.25, -0.2) is 13.6 Å². The molecule has 3 amide bonds. The molecule has 0 aromatic heterocycles. The van der Waals surface area contributed by atoms with Crippen molar-refractivity contribution in [2.75, 3.05) is 33.4 Å². The van der Waals surface area contributed by atoms with Crippen LogP contribution in [0, 0.1) is 5.92 Å². The van der Waals surface area contributed by atoms with E-state index in [9.17, 15) is 18.4 Å². The molecule has 1 aliphatic carbocycles. The Bertz CT molecular complexity index is 1040. The molecule has 3 aliphatic heterocycles. The summed E-state index contributed by atoms with van der Waals surface area (Å²) in [6, 6.07) is 11.0. The van der Waals surface area contributed by atoms with Gasteiger partial charge >= 0.3 is 6.03 Å². The summed E-state index contributed by atoms with van der Waals surface area (Å²) in [7, 11) is 1.70. The Morgan fingerprint density at radius 3 is 2.29 bits per heavy atom. The summed E-state index contributed by atoms with van der Waals surface area (Å²) in [6.07, 6.45) is 5.91. The number of alkyl halides is 2. The quantitative estimate of drug-likeness (QED) is 0.311. The lowest BCUT2D eigenvalue weighted by atomic mass is 9.81. The van der Waals surface area contributed by atoms with Gasteiger partial charge in [0.2, 0.25) is 11.8 Å². The summed E-state index contributed by atoms with van der Waals surface area (Å²) in [6.45, 7) is 7.30. The van der Waals surface area contributed by atoms with Crippen LogP contribution in [-0.2, 0) is 9.53 Å². The van der Waals surface area contributed by atoms with Gasteiger partial charge in [0, 0.05) is 70.2 Å². The number of benzene rings is 1. The van der Waals surface area contributed by atoms with Crippen LogP contribution in [0.1, 0.15) is 89.7 Å². The van der Waals surface area contributed by atoms with Crippen molar-refractivity contribution in [3.05, 3.63) is 35.9 Å². The molecule has 1 N–H and O–H groups in total. The minimum atomic E-state index is -2.64. The maximum Gasteiger partial charge on any atom is 0.320 e. The van der Waals surface area contributed by atoms with Crippen LogP contribution in [0.4, 0.5) is 13.6 Å². The molecule has 3 heterocycles. The van der Waals surface area contributed by atoms with E-state index in [1.165, 1.54) is 0 Å². The van der Waals surface area contributed by atoms with Gasteiger partial charge in [0.1, 0.15) is 0 Å². The first-order chi connectivity index (χ1) is 19.6. The van der Waals surface area contributed by atoms with E-state index in [1.54, 1.807) is 7.11 Å². The van der Waals surface area contributed by atoms with Crippen LogP contribution in [0.2, 0.25) is 0 Å². The standard InChI is InChI=1S/C32H48F2N4O3.ClH/c1-23(2)38-30(40)36(17-7-19-41-3)22-31(38)20-26-10-11-27(21-31)37(26)18-14-28(24-8-5-4-6-9-24)35-29(39)25-12-15-32(33,34)16-13-25;/h4-6,8-9,23,25-28H,7,10-22H2,1-3H3,(H,35,39);1H/t26?,27?,28-,31?;/m0./s1. The highest BCUT2D eigenvalue weighted by Crippen LogP contribution is 2.48. The Kier molecular flexibility index (Phi) is 10.8. The van der Waals surface area contributed by atoms with Crippen molar-refractivity contribution in [3.63, 3.8) is 0 Å². The summed E-state index contributed by atoms with van der Waals surface area (Å²) in [5.74, 6) is -3.09. The molecule has 4 aliphatic rings. The van der Waals surface area contributed by atoms with Crippen molar-refractivity contribution in [3.8, 4) is 0 Å². The summed E-state index contributed by atoms with van der Waals surface area (Å²) in [4.78, 5) is 33.5. The average Bonchev–Trinajstić information content (AvgIpc) is 3.35. The molecular formula is C32H49ClF2N4O3. The molecule has 7 nitrogen and oxygen atoms in total. The second-order valence-corrected chi connectivity index (χ2v) is 13.2. The third kappa shape index (κ3) is 7.05. The monoisotopic (exact) mass is 610 g/mol. The molecule has 2 bridgehead atoms. The van der Waals surface area contributed by atoms with Gasteiger partial charge in [0.25, 0.3) is 0 Å². The number of amides is 3. The molecule has 1 aromatic rings. The van der Waals surface area contributed by atoms with Gasteiger partial charge in [-0.1, -0.05) is 30.3 Å². The predicted octanol–water partition coefficient (Wildman–Crippen LogP) is 6.03. The lowest BCUT2D eigenvalue weighted by Gasteiger charge is -2.49. The molecule has 2 unspecified atom stereocenters. The zero-order chi connectivity index (χ0) is 29.2. The van der Waals surface area contributed by atoms with E-state index in [0.29, 0.717) is 18.7 Å². The molecule has 3 atom stereocenters. The normalized spacial score (nSPS) is 28.4. The van der Waals surface area contributed by atoms with Crippen LogP contribution >= 0.6 is 12.4 Å².